The highest BCUT2D eigenvalue weighted by atomic mass is 16.2. The smallest absolute Gasteiger partial charge is 0.225 e. The number of aliphatic imine (C=N–C) groups is 1. The Labute approximate surface area is 161 Å². The number of aryl methyl sites for hydroxylation is 1. The van der Waals surface area contributed by atoms with Crippen LogP contribution in [0.4, 0.5) is 0 Å². The van der Waals surface area contributed by atoms with Gasteiger partial charge < -0.3 is 15.1 Å². The first kappa shape index (κ1) is 19.6. The van der Waals surface area contributed by atoms with Crippen molar-refractivity contribution in [2.45, 2.75) is 25.8 Å². The highest BCUT2D eigenvalue weighted by Gasteiger charge is 2.31. The van der Waals surface area contributed by atoms with Crippen molar-refractivity contribution in [2.75, 3.05) is 53.4 Å². The lowest BCUT2D eigenvalue weighted by molar-refractivity contribution is -0.139. The number of nitrogens with zero attached hydrogens (tertiary/aromatic N) is 7. The third-order valence-corrected chi connectivity index (χ3v) is 5.61. The summed E-state index contributed by atoms with van der Waals surface area (Å²) in [5.74, 6) is 2.43. The van der Waals surface area contributed by atoms with Crippen molar-refractivity contribution >= 4 is 11.9 Å². The average Bonchev–Trinajstić information content (AvgIpc) is 3.02. The maximum Gasteiger partial charge on any atom is 0.225 e. The Morgan fingerprint density at radius 3 is 2.63 bits per heavy atom. The Kier molecular flexibility index (Phi) is 6.65. The molecule has 150 valence electrons. The number of carbonyl (C=O) groups is 1. The van der Waals surface area contributed by atoms with Crippen LogP contribution < -0.4 is 5.32 Å². The number of guanidine groups is 1. The molecule has 1 saturated heterocycles. The van der Waals surface area contributed by atoms with Crippen LogP contribution in [0.5, 0.6) is 0 Å². The summed E-state index contributed by atoms with van der Waals surface area (Å²) >= 11 is 0. The van der Waals surface area contributed by atoms with Gasteiger partial charge in [0.25, 0.3) is 0 Å². The molecule has 2 heterocycles. The summed E-state index contributed by atoms with van der Waals surface area (Å²) in [5.41, 5.74) is 0. The zero-order valence-corrected chi connectivity index (χ0v) is 16.8. The molecule has 1 N–H and O–H groups in total. The first-order chi connectivity index (χ1) is 13.1. The van der Waals surface area contributed by atoms with E-state index in [4.69, 9.17) is 0 Å². The standard InChI is InChI=1S/C18H32N8O/c1-19-18(23(2)13-16-21-14-22-24(16)3)20-7-8-25-9-11-26(12-10-25)17(27)15-5-4-6-15/h14-15H,4-13H2,1-3H3,(H,19,20). The van der Waals surface area contributed by atoms with E-state index in [2.05, 4.69) is 30.2 Å². The Bertz CT molecular complexity index is 646. The molecule has 1 aromatic heterocycles. The second-order valence-electron chi connectivity index (χ2n) is 7.42. The van der Waals surface area contributed by atoms with E-state index in [0.29, 0.717) is 18.4 Å². The van der Waals surface area contributed by atoms with Gasteiger partial charge in [-0.25, -0.2) is 4.98 Å². The number of hydrogen-bond donors (Lipinski definition) is 1. The van der Waals surface area contributed by atoms with Crippen molar-refractivity contribution in [3.8, 4) is 0 Å². The van der Waals surface area contributed by atoms with E-state index >= 15 is 0 Å². The van der Waals surface area contributed by atoms with Crippen LogP contribution in [0.1, 0.15) is 25.1 Å². The summed E-state index contributed by atoms with van der Waals surface area (Å²) in [6.07, 6.45) is 4.96. The first-order valence-corrected chi connectivity index (χ1v) is 9.84. The summed E-state index contributed by atoms with van der Waals surface area (Å²) in [4.78, 5) is 27.4. The van der Waals surface area contributed by atoms with Gasteiger partial charge in [-0.15, -0.1) is 0 Å². The largest absolute Gasteiger partial charge is 0.355 e. The molecule has 3 rings (SSSR count). The molecule has 9 heteroatoms. The van der Waals surface area contributed by atoms with Crippen molar-refractivity contribution in [1.82, 2.24) is 34.8 Å². The molecule has 1 aliphatic carbocycles. The molecule has 2 aliphatic rings. The predicted octanol–water partition coefficient (Wildman–Crippen LogP) is -0.233. The van der Waals surface area contributed by atoms with Gasteiger partial charge in [0.05, 0.1) is 6.54 Å². The minimum absolute atomic E-state index is 0.311. The van der Waals surface area contributed by atoms with Crippen molar-refractivity contribution in [3.63, 3.8) is 0 Å². The normalized spacial score (nSPS) is 19.1. The fourth-order valence-corrected chi connectivity index (χ4v) is 3.57. The lowest BCUT2D eigenvalue weighted by Crippen LogP contribution is -2.52. The number of hydrogen-bond acceptors (Lipinski definition) is 5. The SMILES string of the molecule is CN=C(NCCN1CCN(C(=O)C2CCC2)CC1)N(C)Cc1ncnn1C. The second-order valence-corrected chi connectivity index (χ2v) is 7.42. The van der Waals surface area contributed by atoms with Gasteiger partial charge in [-0.2, -0.15) is 5.10 Å². The van der Waals surface area contributed by atoms with Crippen LogP contribution in [0.15, 0.2) is 11.3 Å². The highest BCUT2D eigenvalue weighted by Crippen LogP contribution is 2.28. The number of aromatic nitrogens is 3. The second kappa shape index (κ2) is 9.16. The molecule has 0 atom stereocenters. The third-order valence-electron chi connectivity index (χ3n) is 5.61. The molecule has 9 nitrogen and oxygen atoms in total. The Balaban J connectivity index is 1.36. The van der Waals surface area contributed by atoms with Crippen molar-refractivity contribution < 1.29 is 4.79 Å². The molecule has 27 heavy (non-hydrogen) atoms. The summed E-state index contributed by atoms with van der Waals surface area (Å²) in [7, 11) is 5.68. The Morgan fingerprint density at radius 1 is 1.33 bits per heavy atom. The van der Waals surface area contributed by atoms with Gasteiger partial charge in [0.1, 0.15) is 12.2 Å². The van der Waals surface area contributed by atoms with Crippen LogP contribution >= 0.6 is 0 Å². The summed E-state index contributed by atoms with van der Waals surface area (Å²) in [6.45, 7) is 6.04. The van der Waals surface area contributed by atoms with E-state index in [1.54, 1.807) is 18.1 Å². The molecule has 1 saturated carbocycles. The monoisotopic (exact) mass is 376 g/mol. The molecule has 2 fully saturated rings. The summed E-state index contributed by atoms with van der Waals surface area (Å²) < 4.78 is 1.77. The zero-order chi connectivity index (χ0) is 19.2. The quantitative estimate of drug-likeness (QED) is 0.545. The van der Waals surface area contributed by atoms with Crippen molar-refractivity contribution in [3.05, 3.63) is 12.2 Å². The van der Waals surface area contributed by atoms with Gasteiger partial charge in [0, 0.05) is 66.3 Å². The lowest BCUT2D eigenvalue weighted by Gasteiger charge is -2.38. The van der Waals surface area contributed by atoms with Crippen LogP contribution in [0.3, 0.4) is 0 Å². The van der Waals surface area contributed by atoms with Crippen LogP contribution in [-0.4, -0.2) is 94.7 Å². The van der Waals surface area contributed by atoms with Gasteiger partial charge in [0.2, 0.25) is 5.91 Å². The van der Waals surface area contributed by atoms with E-state index in [0.717, 1.165) is 63.9 Å². The van der Waals surface area contributed by atoms with E-state index in [9.17, 15) is 4.79 Å². The topological polar surface area (TPSA) is 81.9 Å². The average molecular weight is 377 g/mol. The lowest BCUT2D eigenvalue weighted by atomic mass is 9.84. The third kappa shape index (κ3) is 4.97. The van der Waals surface area contributed by atoms with E-state index in [1.165, 1.54) is 6.42 Å². The highest BCUT2D eigenvalue weighted by molar-refractivity contribution is 5.80. The van der Waals surface area contributed by atoms with Crippen LogP contribution in [0.2, 0.25) is 0 Å². The van der Waals surface area contributed by atoms with E-state index in [1.807, 2.05) is 19.0 Å². The van der Waals surface area contributed by atoms with Gasteiger partial charge in [-0.05, 0) is 12.8 Å². The Morgan fingerprint density at radius 2 is 2.07 bits per heavy atom. The number of rotatable bonds is 6. The molecule has 0 spiro atoms. The molecule has 0 bridgehead atoms. The molecular weight excluding hydrogens is 344 g/mol. The molecule has 0 radical (unpaired) electrons. The number of amides is 1. The molecule has 1 aliphatic heterocycles. The van der Waals surface area contributed by atoms with Crippen LogP contribution in [0, 0.1) is 5.92 Å². The van der Waals surface area contributed by atoms with Gasteiger partial charge in [0.15, 0.2) is 5.96 Å². The number of piperazine rings is 1. The fourth-order valence-electron chi connectivity index (χ4n) is 3.57. The van der Waals surface area contributed by atoms with Gasteiger partial charge >= 0.3 is 0 Å². The summed E-state index contributed by atoms with van der Waals surface area (Å²) in [5, 5.41) is 7.52. The number of carbonyl (C=O) groups excluding carboxylic acids is 1. The Hall–Kier alpha value is -2.16. The first-order valence-electron chi connectivity index (χ1n) is 9.84. The minimum atomic E-state index is 0.311. The predicted molar refractivity (Wildman–Crippen MR) is 104 cm³/mol. The maximum absolute atomic E-state index is 12.3. The zero-order valence-electron chi connectivity index (χ0n) is 16.8. The van der Waals surface area contributed by atoms with E-state index < -0.39 is 0 Å². The fraction of sp³-hybridized carbons (Fsp3) is 0.778. The van der Waals surface area contributed by atoms with Gasteiger partial charge in [-0.3, -0.25) is 19.4 Å². The van der Waals surface area contributed by atoms with Crippen molar-refractivity contribution in [2.24, 2.45) is 18.0 Å². The molecule has 1 amide bonds. The molecule has 1 aromatic rings. The van der Waals surface area contributed by atoms with Crippen LogP contribution in [0.25, 0.3) is 0 Å². The maximum atomic E-state index is 12.3. The van der Waals surface area contributed by atoms with E-state index in [-0.39, 0.29) is 0 Å². The molecular formula is C18H32N8O. The van der Waals surface area contributed by atoms with Gasteiger partial charge in [-0.1, -0.05) is 6.42 Å². The van der Waals surface area contributed by atoms with Crippen LogP contribution in [-0.2, 0) is 18.4 Å². The number of nitrogens with one attached hydrogen (secondary N) is 1. The molecule has 0 unspecified atom stereocenters. The summed E-state index contributed by atoms with van der Waals surface area (Å²) in [6, 6.07) is 0. The van der Waals surface area contributed by atoms with Crippen molar-refractivity contribution in [1.29, 1.82) is 0 Å². The molecule has 0 aromatic carbocycles. The minimum Gasteiger partial charge on any atom is -0.355 e.